The molecule has 1 aliphatic rings. The summed E-state index contributed by atoms with van der Waals surface area (Å²) in [7, 11) is 0. The molecule has 2 aromatic rings. The van der Waals surface area contributed by atoms with E-state index in [1.54, 1.807) is 24.3 Å². The number of hydrogen-bond donors (Lipinski definition) is 2. The van der Waals surface area contributed by atoms with Gasteiger partial charge in [-0.25, -0.2) is 4.79 Å². The Bertz CT molecular complexity index is 844. The molecule has 4 heteroatoms. The Morgan fingerprint density at radius 3 is 2.35 bits per heavy atom. The summed E-state index contributed by atoms with van der Waals surface area (Å²) in [4.78, 5) is 23.5. The minimum atomic E-state index is -0.984. The van der Waals surface area contributed by atoms with Crippen molar-refractivity contribution in [2.24, 2.45) is 0 Å². The predicted octanol–water partition coefficient (Wildman–Crippen LogP) is 3.78. The van der Waals surface area contributed by atoms with Crippen molar-refractivity contribution in [3.05, 3.63) is 69.8 Å². The summed E-state index contributed by atoms with van der Waals surface area (Å²) in [6.45, 7) is 3.86. The molecular weight excluding hydrogens is 292 g/mol. The van der Waals surface area contributed by atoms with Crippen LogP contribution in [-0.4, -0.2) is 22.0 Å². The van der Waals surface area contributed by atoms with Crippen LogP contribution in [0, 0.1) is 6.92 Å². The number of hydrogen-bond acceptors (Lipinski definition) is 3. The van der Waals surface area contributed by atoms with Gasteiger partial charge in [0.15, 0.2) is 5.78 Å². The van der Waals surface area contributed by atoms with Crippen LogP contribution in [0.4, 0.5) is 0 Å². The number of carboxylic acid groups (broad SMARTS) is 1. The summed E-state index contributed by atoms with van der Waals surface area (Å²) in [5, 5.41) is 18.9. The van der Waals surface area contributed by atoms with E-state index in [0.717, 1.165) is 16.7 Å². The number of ketones is 1. The van der Waals surface area contributed by atoms with Crippen LogP contribution in [0.1, 0.15) is 50.2 Å². The molecule has 0 radical (unpaired) electrons. The molecule has 2 N–H and O–H groups in total. The quantitative estimate of drug-likeness (QED) is 0.828. The number of carbonyl (C=O) groups is 2. The number of aromatic hydroxyl groups is 1. The SMILES string of the molecule is Cc1ccc(O)c2c1C(C)C(=Cc1ccc(C(=O)O)cc1)C2=O. The molecule has 0 spiro atoms. The molecule has 23 heavy (non-hydrogen) atoms. The number of fused-ring (bicyclic) bond motifs is 1. The molecule has 3 rings (SSSR count). The van der Waals surface area contributed by atoms with Crippen molar-refractivity contribution in [2.75, 3.05) is 0 Å². The van der Waals surface area contributed by atoms with Crippen LogP contribution in [0.15, 0.2) is 42.0 Å². The van der Waals surface area contributed by atoms with Gasteiger partial charge in [-0.3, -0.25) is 4.79 Å². The molecule has 0 aliphatic heterocycles. The van der Waals surface area contributed by atoms with E-state index in [1.165, 1.54) is 12.1 Å². The Morgan fingerprint density at radius 1 is 1.13 bits per heavy atom. The molecule has 0 saturated heterocycles. The number of aryl methyl sites for hydroxylation is 1. The molecule has 116 valence electrons. The van der Waals surface area contributed by atoms with Crippen molar-refractivity contribution >= 4 is 17.8 Å². The molecule has 0 heterocycles. The number of carbonyl (C=O) groups excluding carboxylic acids is 1. The zero-order chi connectivity index (χ0) is 16.7. The maximum absolute atomic E-state index is 12.6. The molecule has 0 fully saturated rings. The van der Waals surface area contributed by atoms with Gasteiger partial charge in [-0.15, -0.1) is 0 Å². The van der Waals surface area contributed by atoms with Crippen molar-refractivity contribution in [1.82, 2.24) is 0 Å². The summed E-state index contributed by atoms with van der Waals surface area (Å²) in [6, 6.07) is 9.72. The number of phenolic OH excluding ortho intramolecular Hbond substituents is 1. The second-order valence-corrected chi connectivity index (χ2v) is 5.77. The van der Waals surface area contributed by atoms with Gasteiger partial charge in [0.2, 0.25) is 0 Å². The third-order valence-electron chi connectivity index (χ3n) is 4.31. The first-order chi connectivity index (χ1) is 10.9. The number of rotatable bonds is 2. The number of allylic oxidation sites excluding steroid dienone is 1. The van der Waals surface area contributed by atoms with Crippen LogP contribution in [0.3, 0.4) is 0 Å². The predicted molar refractivity (Wildman–Crippen MR) is 87.0 cm³/mol. The lowest BCUT2D eigenvalue weighted by Gasteiger charge is -2.09. The fourth-order valence-electron chi connectivity index (χ4n) is 3.10. The molecule has 1 atom stereocenters. The molecule has 1 unspecified atom stereocenters. The lowest BCUT2D eigenvalue weighted by Crippen LogP contribution is -1.98. The lowest BCUT2D eigenvalue weighted by atomic mass is 9.95. The van der Waals surface area contributed by atoms with Crippen molar-refractivity contribution < 1.29 is 19.8 Å². The molecular formula is C19H16O4. The first-order valence-electron chi connectivity index (χ1n) is 7.32. The summed E-state index contributed by atoms with van der Waals surface area (Å²) in [6.07, 6.45) is 1.76. The van der Waals surface area contributed by atoms with Crippen molar-refractivity contribution in [1.29, 1.82) is 0 Å². The van der Waals surface area contributed by atoms with Gasteiger partial charge in [0.1, 0.15) is 5.75 Å². The molecule has 0 amide bonds. The van der Waals surface area contributed by atoms with Gasteiger partial charge in [0, 0.05) is 11.5 Å². The smallest absolute Gasteiger partial charge is 0.335 e. The molecule has 1 aliphatic carbocycles. The first-order valence-corrected chi connectivity index (χ1v) is 7.32. The van der Waals surface area contributed by atoms with Crippen LogP contribution >= 0.6 is 0 Å². The molecule has 0 aromatic heterocycles. The van der Waals surface area contributed by atoms with E-state index < -0.39 is 5.97 Å². The summed E-state index contributed by atoms with van der Waals surface area (Å²) in [5.41, 5.74) is 3.79. The number of Topliss-reactive ketones (excluding diaryl/α,β-unsaturated/α-hetero) is 1. The first kappa shape index (κ1) is 15.0. The van der Waals surface area contributed by atoms with Gasteiger partial charge in [0.25, 0.3) is 0 Å². The van der Waals surface area contributed by atoms with E-state index in [4.69, 9.17) is 5.11 Å². The second kappa shape index (κ2) is 5.39. The number of benzene rings is 2. The Balaban J connectivity index is 2.05. The van der Waals surface area contributed by atoms with Crippen LogP contribution in [0.25, 0.3) is 6.08 Å². The zero-order valence-corrected chi connectivity index (χ0v) is 12.8. The highest BCUT2D eigenvalue weighted by molar-refractivity contribution is 6.18. The fourth-order valence-corrected chi connectivity index (χ4v) is 3.10. The van der Waals surface area contributed by atoms with E-state index in [1.807, 2.05) is 19.9 Å². The minimum Gasteiger partial charge on any atom is -0.507 e. The summed E-state index contributed by atoms with van der Waals surface area (Å²) >= 11 is 0. The van der Waals surface area contributed by atoms with Gasteiger partial charge in [0.05, 0.1) is 11.1 Å². The number of carboxylic acids is 1. The lowest BCUT2D eigenvalue weighted by molar-refractivity contribution is 0.0696. The highest BCUT2D eigenvalue weighted by Crippen LogP contribution is 2.43. The highest BCUT2D eigenvalue weighted by atomic mass is 16.4. The second-order valence-electron chi connectivity index (χ2n) is 5.77. The van der Waals surface area contributed by atoms with E-state index in [2.05, 4.69) is 0 Å². The van der Waals surface area contributed by atoms with Crippen LogP contribution in [0.5, 0.6) is 5.75 Å². The third kappa shape index (κ3) is 2.42. The van der Waals surface area contributed by atoms with Crippen molar-refractivity contribution in [2.45, 2.75) is 19.8 Å². The van der Waals surface area contributed by atoms with Gasteiger partial charge < -0.3 is 10.2 Å². The molecule has 0 bridgehead atoms. The van der Waals surface area contributed by atoms with Crippen LogP contribution < -0.4 is 0 Å². The maximum atomic E-state index is 12.6. The van der Waals surface area contributed by atoms with E-state index >= 15 is 0 Å². The van der Waals surface area contributed by atoms with Crippen LogP contribution in [-0.2, 0) is 0 Å². The Hall–Kier alpha value is -2.88. The normalized spacial score (nSPS) is 18.3. The van der Waals surface area contributed by atoms with Crippen LogP contribution in [0.2, 0.25) is 0 Å². The van der Waals surface area contributed by atoms with Gasteiger partial charge >= 0.3 is 5.97 Å². The number of aromatic carboxylic acids is 1. The zero-order valence-electron chi connectivity index (χ0n) is 12.8. The summed E-state index contributed by atoms with van der Waals surface area (Å²) in [5.74, 6) is -1.26. The third-order valence-corrected chi connectivity index (χ3v) is 4.31. The van der Waals surface area contributed by atoms with Gasteiger partial charge in [-0.05, 0) is 47.9 Å². The van der Waals surface area contributed by atoms with E-state index in [9.17, 15) is 14.7 Å². The monoisotopic (exact) mass is 308 g/mol. The largest absolute Gasteiger partial charge is 0.507 e. The molecule has 0 saturated carbocycles. The standard InChI is InChI=1S/C19H16O4/c1-10-3-8-15(20)17-16(10)11(2)14(18(17)21)9-12-4-6-13(7-5-12)19(22)23/h3-9,11,20H,1-2H3,(H,22,23). The highest BCUT2D eigenvalue weighted by Gasteiger charge is 2.35. The van der Waals surface area contributed by atoms with Crippen molar-refractivity contribution in [3.8, 4) is 5.75 Å². The average molecular weight is 308 g/mol. The Labute approximate surface area is 133 Å². The number of phenols is 1. The van der Waals surface area contributed by atoms with Gasteiger partial charge in [-0.1, -0.05) is 25.1 Å². The maximum Gasteiger partial charge on any atom is 0.335 e. The summed E-state index contributed by atoms with van der Waals surface area (Å²) < 4.78 is 0. The van der Waals surface area contributed by atoms with E-state index in [-0.39, 0.29) is 23.0 Å². The van der Waals surface area contributed by atoms with Gasteiger partial charge in [-0.2, -0.15) is 0 Å². The fraction of sp³-hybridized carbons (Fsp3) is 0.158. The molecule has 4 nitrogen and oxygen atoms in total. The van der Waals surface area contributed by atoms with Crippen molar-refractivity contribution in [3.63, 3.8) is 0 Å². The molecule has 2 aromatic carbocycles. The Morgan fingerprint density at radius 2 is 1.78 bits per heavy atom. The van der Waals surface area contributed by atoms with E-state index in [0.29, 0.717) is 11.1 Å². The topological polar surface area (TPSA) is 74.6 Å². The Kier molecular flexibility index (Phi) is 3.52. The average Bonchev–Trinajstić information content (AvgIpc) is 2.77. The minimum absolute atomic E-state index is 0.00655.